The van der Waals surface area contributed by atoms with Gasteiger partial charge >= 0.3 is 0 Å². The first kappa shape index (κ1) is 32.1. The average molecular weight is 273 g/mol. The van der Waals surface area contributed by atoms with Crippen LogP contribution in [0.25, 0.3) is 0 Å². The molecule has 4 heteroatoms. The third kappa shape index (κ3) is 8.83. The maximum absolute atomic E-state index is 0. The molecule has 28 valence electrons. The molecule has 0 unspecified atom stereocenters. The van der Waals surface area contributed by atoms with Gasteiger partial charge < -0.3 is 0 Å². The molecule has 0 saturated heterocycles. The molecule has 0 aromatic carbocycles. The summed E-state index contributed by atoms with van der Waals surface area (Å²) in [5, 5.41) is 0. The van der Waals surface area contributed by atoms with E-state index in [1.165, 1.54) is 0 Å². The molecule has 0 nitrogen and oxygen atoms in total. The molecule has 0 rings (SSSR count). The van der Waals surface area contributed by atoms with Crippen LogP contribution in [0.2, 0.25) is 0 Å². The van der Waals surface area contributed by atoms with E-state index in [9.17, 15) is 0 Å². The van der Waals surface area contributed by atoms with E-state index in [4.69, 9.17) is 0 Å². The molecule has 4 heavy (non-hydrogen) atoms. The van der Waals surface area contributed by atoms with Crippen LogP contribution in [-0.4, -0.2) is 8.41 Å². The second-order valence-corrected chi connectivity index (χ2v) is 0. The number of hydrogen-bond acceptors (Lipinski definition) is 0. The van der Waals surface area contributed by atoms with Crippen molar-refractivity contribution in [2.24, 2.45) is 0 Å². The second-order valence-electron chi connectivity index (χ2n) is 0. The quantitative estimate of drug-likeness (QED) is 0.487. The Morgan fingerprint density at radius 2 is 1.00 bits per heavy atom. The van der Waals surface area contributed by atoms with Gasteiger partial charge in [-0.2, -0.15) is 0 Å². The van der Waals surface area contributed by atoms with Crippen LogP contribution in [0, 0.1) is 40.8 Å². The molecule has 0 aromatic heterocycles. The first-order chi connectivity index (χ1) is 0. The molecule has 0 N–H and O–H groups in total. The van der Waals surface area contributed by atoms with E-state index in [2.05, 4.69) is 0 Å². The van der Waals surface area contributed by atoms with Gasteiger partial charge in [-0.25, -0.2) is 0 Å². The Balaban J connectivity index is 0. The molecule has 0 atom stereocenters. The second kappa shape index (κ2) is 18.1. The first-order valence-corrected chi connectivity index (χ1v) is 0. The van der Waals surface area contributed by atoms with Gasteiger partial charge in [0.1, 0.15) is 0 Å². The predicted molar refractivity (Wildman–Crippen MR) is 9.94 cm³/mol. The maximum Gasteiger partial charge on any atom is 0.0814 e. The standard InChI is InChI=1S/BH3.Fe.Nd.Ni/h1H3;;;. The van der Waals surface area contributed by atoms with Gasteiger partial charge in [0.15, 0.2) is 0 Å². The summed E-state index contributed by atoms with van der Waals surface area (Å²) in [4.78, 5) is 0. The Labute approximate surface area is 81.4 Å². The molecule has 0 heterocycles. The van der Waals surface area contributed by atoms with Crippen LogP contribution >= 0.6 is 0 Å². The summed E-state index contributed by atoms with van der Waals surface area (Å²) in [5.41, 5.74) is 0. The van der Waals surface area contributed by atoms with E-state index >= 15 is 0 Å². The van der Waals surface area contributed by atoms with Crippen LogP contribution in [0.3, 0.4) is 0 Å². The van der Waals surface area contributed by atoms with Gasteiger partial charge in [-0.15, -0.1) is 0 Å². The van der Waals surface area contributed by atoms with Gasteiger partial charge in [-0.1, -0.05) is 0 Å². The van der Waals surface area contributed by atoms with Crippen molar-refractivity contribution in [3.63, 3.8) is 0 Å². The van der Waals surface area contributed by atoms with E-state index in [-0.39, 0.29) is 82.8 Å². The Morgan fingerprint density at radius 3 is 1.00 bits per heavy atom. The third-order valence-electron chi connectivity index (χ3n) is 0. The van der Waals surface area contributed by atoms with Crippen molar-refractivity contribution in [1.29, 1.82) is 0 Å². The molecular formula is H3BFeNdNi. The minimum Gasteiger partial charge on any atom is 0 e. The van der Waals surface area contributed by atoms with E-state index in [0.717, 1.165) is 0 Å². The zero-order valence-electron chi connectivity index (χ0n) is 1.17. The van der Waals surface area contributed by atoms with Gasteiger partial charge in [0.2, 0.25) is 0 Å². The molecule has 0 amide bonds. The van der Waals surface area contributed by atoms with Gasteiger partial charge in [-0.3, -0.25) is 0 Å². The average Bonchev–Trinajstić information content (AvgIpc) is 0. The van der Waals surface area contributed by atoms with Crippen molar-refractivity contribution in [1.82, 2.24) is 0 Å². The molecule has 0 radical (unpaired) electrons. The summed E-state index contributed by atoms with van der Waals surface area (Å²) >= 11 is 0. The minimum atomic E-state index is 0. The molecular weight excluding hydrogens is 270 g/mol. The third-order valence-corrected chi connectivity index (χ3v) is 0. The van der Waals surface area contributed by atoms with Crippen LogP contribution in [0.5, 0.6) is 0 Å². The molecule has 0 bridgehead atoms. The molecule has 0 fully saturated rings. The van der Waals surface area contributed by atoms with E-state index in [1.54, 1.807) is 0 Å². The normalized spacial score (nSPS) is 0. The number of rotatable bonds is 0. The van der Waals surface area contributed by atoms with E-state index in [0.29, 0.717) is 0 Å². The zero-order valence-corrected chi connectivity index (χ0v) is 6.47. The van der Waals surface area contributed by atoms with Crippen molar-refractivity contribution in [2.45, 2.75) is 0 Å². The van der Waals surface area contributed by atoms with Crippen LogP contribution in [0.1, 0.15) is 0 Å². The van der Waals surface area contributed by atoms with E-state index in [1.807, 2.05) is 0 Å². The van der Waals surface area contributed by atoms with Gasteiger partial charge in [0, 0.05) is 74.4 Å². The summed E-state index contributed by atoms with van der Waals surface area (Å²) in [6.07, 6.45) is 0. The van der Waals surface area contributed by atoms with Crippen molar-refractivity contribution < 1.29 is 74.4 Å². The van der Waals surface area contributed by atoms with Crippen LogP contribution in [0.4, 0.5) is 0 Å². The van der Waals surface area contributed by atoms with Crippen LogP contribution < -0.4 is 0 Å². The van der Waals surface area contributed by atoms with Crippen molar-refractivity contribution in [3.8, 4) is 0 Å². The molecule has 0 aliphatic rings. The maximum atomic E-state index is 0. The fraction of sp³-hybridized carbons (Fsp3) is 0. The van der Waals surface area contributed by atoms with Crippen molar-refractivity contribution in [2.75, 3.05) is 0 Å². The summed E-state index contributed by atoms with van der Waals surface area (Å²) < 4.78 is 0. The topological polar surface area (TPSA) is 0 Å². The SMILES string of the molecule is B.[Fe].[Nd].[Ni]. The van der Waals surface area contributed by atoms with Gasteiger partial charge in [0.25, 0.3) is 0 Å². The molecule has 0 saturated carbocycles. The van der Waals surface area contributed by atoms with Crippen molar-refractivity contribution in [3.05, 3.63) is 0 Å². The van der Waals surface area contributed by atoms with Gasteiger partial charge in [0.05, 0.1) is 8.41 Å². The fourth-order valence-corrected chi connectivity index (χ4v) is 0. The first-order valence-electron chi connectivity index (χ1n) is 0. The molecule has 0 spiro atoms. The van der Waals surface area contributed by atoms with Crippen LogP contribution in [0.15, 0.2) is 0 Å². The summed E-state index contributed by atoms with van der Waals surface area (Å²) in [6.45, 7) is 0. The fourth-order valence-electron chi connectivity index (χ4n) is 0. The summed E-state index contributed by atoms with van der Waals surface area (Å²) in [6, 6.07) is 0. The monoisotopic (exact) mass is 270 g/mol. The molecule has 0 aliphatic carbocycles. The summed E-state index contributed by atoms with van der Waals surface area (Å²) in [5.74, 6) is 0. The Bertz CT molecular complexity index is 8.00. The predicted octanol–water partition coefficient (Wildman–Crippen LogP) is -1.19. The zero-order chi connectivity index (χ0) is 0. The molecule has 0 aromatic rings. The molecule has 0 aliphatic heterocycles. The van der Waals surface area contributed by atoms with Crippen molar-refractivity contribution >= 4 is 8.41 Å². The van der Waals surface area contributed by atoms with Gasteiger partial charge in [-0.05, 0) is 0 Å². The van der Waals surface area contributed by atoms with Crippen LogP contribution in [-0.2, 0) is 33.6 Å². The largest absolute Gasteiger partial charge is 0.0814 e. The number of hydrogen-bond donors (Lipinski definition) is 0. The Kier molecular flexibility index (Phi) is 145. The Hall–Kier alpha value is 2.43. The Morgan fingerprint density at radius 1 is 1.00 bits per heavy atom. The summed E-state index contributed by atoms with van der Waals surface area (Å²) in [7, 11) is 0. The minimum absolute atomic E-state index is 0. The smallest absolute Gasteiger partial charge is 0 e. The van der Waals surface area contributed by atoms with E-state index < -0.39 is 0 Å².